The lowest BCUT2D eigenvalue weighted by Gasteiger charge is -2.41. The Balaban J connectivity index is 1.71. The van der Waals surface area contributed by atoms with E-state index in [1.165, 1.54) is 31.1 Å². The second-order valence-corrected chi connectivity index (χ2v) is 22.2. The van der Waals surface area contributed by atoms with Crippen molar-refractivity contribution in [3.63, 3.8) is 0 Å². The maximum absolute atomic E-state index is 14.7. The molecular formula is C58H92N10O13. The predicted molar refractivity (Wildman–Crippen MR) is 306 cm³/mol. The zero-order valence-corrected chi connectivity index (χ0v) is 49.7. The lowest BCUT2D eigenvalue weighted by molar-refractivity contribution is -0.148. The number of amides is 9. The molecule has 1 heterocycles. The monoisotopic (exact) mass is 1140 g/mol. The molecule has 9 amide bonds. The smallest absolute Gasteiger partial charge is 0.410 e. The lowest BCUT2D eigenvalue weighted by atomic mass is 9.89. The molecule has 11 atom stereocenters. The van der Waals surface area contributed by atoms with Crippen molar-refractivity contribution in [3.05, 3.63) is 65.7 Å². The Morgan fingerprint density at radius 3 is 1.93 bits per heavy atom. The third kappa shape index (κ3) is 20.3. The van der Waals surface area contributed by atoms with Gasteiger partial charge in [0.25, 0.3) is 0 Å². The van der Waals surface area contributed by atoms with Crippen molar-refractivity contribution < 1.29 is 62.5 Å². The Bertz CT molecular complexity index is 2390. The normalized spacial score (nSPS) is 17.0. The number of carboxylic acid groups (broad SMARTS) is 1. The number of rotatable bonds is 32. The summed E-state index contributed by atoms with van der Waals surface area (Å²) in [4.78, 5) is 125. The Hall–Kier alpha value is -6.85. The molecule has 452 valence electrons. The molecule has 23 nitrogen and oxygen atoms in total. The molecule has 2 aromatic rings. The summed E-state index contributed by atoms with van der Waals surface area (Å²) < 4.78 is 17.6. The first kappa shape index (κ1) is 68.4. The van der Waals surface area contributed by atoms with Gasteiger partial charge in [-0.3, -0.25) is 33.7 Å². The van der Waals surface area contributed by atoms with Gasteiger partial charge in [0.1, 0.15) is 30.8 Å². The maximum atomic E-state index is 14.7. The number of carbonyl (C=O) groups is 9. The van der Waals surface area contributed by atoms with Crippen molar-refractivity contribution in [1.82, 2.24) is 36.0 Å². The Morgan fingerprint density at radius 2 is 1.38 bits per heavy atom. The van der Waals surface area contributed by atoms with Crippen molar-refractivity contribution in [1.29, 1.82) is 0 Å². The fraction of sp³-hybridized carbons (Fsp3) is 0.638. The molecule has 2 aromatic carbocycles. The summed E-state index contributed by atoms with van der Waals surface area (Å²) in [5.74, 6) is -6.02. The first-order valence-electron chi connectivity index (χ1n) is 28.1. The number of anilines is 1. The minimum atomic E-state index is -1.18. The van der Waals surface area contributed by atoms with Crippen LogP contribution in [0.15, 0.2) is 54.6 Å². The van der Waals surface area contributed by atoms with Gasteiger partial charge in [0.15, 0.2) is 0 Å². The molecule has 0 saturated carbocycles. The number of likely N-dealkylation sites (N-methyl/N-ethyl adjacent to an activating group) is 2. The fourth-order valence-electron chi connectivity index (χ4n) is 10.2. The molecule has 3 rings (SSSR count). The van der Waals surface area contributed by atoms with Crippen molar-refractivity contribution >= 4 is 59.2 Å². The topological polar surface area (TPSA) is 323 Å². The zero-order chi connectivity index (χ0) is 60.8. The van der Waals surface area contributed by atoms with Crippen LogP contribution in [0.3, 0.4) is 0 Å². The largest absolute Gasteiger partial charge is 0.480 e. The summed E-state index contributed by atoms with van der Waals surface area (Å²) in [5.41, 5.74) is 12.9. The lowest BCUT2D eigenvalue weighted by Crippen LogP contribution is -2.60. The summed E-state index contributed by atoms with van der Waals surface area (Å²) in [7, 11) is 6.01. The molecular weight excluding hydrogens is 1040 g/mol. The van der Waals surface area contributed by atoms with E-state index in [1.54, 1.807) is 109 Å². The number of urea groups is 1. The summed E-state index contributed by atoms with van der Waals surface area (Å²) in [6, 6.07) is 8.49. The van der Waals surface area contributed by atoms with Crippen molar-refractivity contribution in [2.75, 3.05) is 46.7 Å². The van der Waals surface area contributed by atoms with E-state index < -0.39 is 120 Å². The van der Waals surface area contributed by atoms with Gasteiger partial charge in [0.2, 0.25) is 35.4 Å². The van der Waals surface area contributed by atoms with Gasteiger partial charge in [-0.05, 0) is 72.6 Å². The van der Waals surface area contributed by atoms with Gasteiger partial charge >= 0.3 is 18.1 Å². The molecule has 0 bridgehead atoms. The zero-order valence-electron chi connectivity index (χ0n) is 49.7. The number of aliphatic carboxylic acids is 1. The van der Waals surface area contributed by atoms with E-state index in [1.807, 2.05) is 19.9 Å². The van der Waals surface area contributed by atoms with Gasteiger partial charge in [0, 0.05) is 53.5 Å². The van der Waals surface area contributed by atoms with Crippen LogP contribution in [0.2, 0.25) is 0 Å². The minimum absolute atomic E-state index is 0.0857. The molecule has 0 unspecified atom stereocenters. The first-order valence-corrected chi connectivity index (χ1v) is 28.1. The summed E-state index contributed by atoms with van der Waals surface area (Å²) in [6.07, 6.45) is -0.0803. The standard InChI is InChI=1S/C58H92N10O13/c1-14-36(8)49(44(79-12)31-45(69)68-29-19-23-43(68)50(80-13)37(9)51(70)64-42(56(75)76)30-38-20-16-15-17-21-38)66(10)55(74)47(34(4)5)65-54(73)48(35(6)7)67(11)58(78)81-32-39-24-26-40(27-25-39)62-52(71)41(22-18-28-61-57(60)77)63-53(72)46(59)33(2)3/h15-17,20-21,24-27,33-37,41-44,46-50H,14,18-19,22-23,28-32,59H2,1-13H3,(H,62,71)(H,63,72)(H,64,70)(H,65,73)(H,75,76)(H3,60,61,77)/t36-,37+,41-,42-,43-,44+,46-,47-,48-,49-,50+/m0/s1. The molecule has 0 spiro atoms. The highest BCUT2D eigenvalue weighted by Gasteiger charge is 2.44. The highest BCUT2D eigenvalue weighted by Crippen LogP contribution is 2.30. The van der Waals surface area contributed by atoms with E-state index in [-0.39, 0.29) is 50.2 Å². The Kier molecular flexibility index (Phi) is 28.0. The molecule has 10 N–H and O–H groups in total. The molecule has 1 fully saturated rings. The number of nitrogens with one attached hydrogen (secondary N) is 5. The van der Waals surface area contributed by atoms with Crippen LogP contribution in [0.5, 0.6) is 0 Å². The van der Waals surface area contributed by atoms with Crippen LogP contribution in [0.4, 0.5) is 15.3 Å². The van der Waals surface area contributed by atoms with Crippen LogP contribution in [0.1, 0.15) is 112 Å². The molecule has 0 aromatic heterocycles. The van der Waals surface area contributed by atoms with Crippen LogP contribution in [0.25, 0.3) is 0 Å². The number of benzene rings is 2. The third-order valence-corrected chi connectivity index (χ3v) is 15.2. The fourth-order valence-corrected chi connectivity index (χ4v) is 10.2. The van der Waals surface area contributed by atoms with Crippen LogP contribution in [-0.2, 0) is 60.8 Å². The summed E-state index contributed by atoms with van der Waals surface area (Å²) in [6.45, 7) is 16.7. The van der Waals surface area contributed by atoms with E-state index >= 15 is 0 Å². The molecule has 0 radical (unpaired) electrons. The predicted octanol–water partition coefficient (Wildman–Crippen LogP) is 4.01. The molecule has 81 heavy (non-hydrogen) atoms. The second-order valence-electron chi connectivity index (χ2n) is 22.2. The van der Waals surface area contributed by atoms with Gasteiger partial charge in [-0.25, -0.2) is 14.4 Å². The quantitative estimate of drug-likeness (QED) is 0.0481. The Morgan fingerprint density at radius 1 is 0.753 bits per heavy atom. The third-order valence-electron chi connectivity index (χ3n) is 15.2. The second kappa shape index (κ2) is 33.2. The number of ether oxygens (including phenoxy) is 3. The van der Waals surface area contributed by atoms with E-state index in [9.17, 15) is 48.3 Å². The minimum Gasteiger partial charge on any atom is -0.480 e. The van der Waals surface area contributed by atoms with Gasteiger partial charge in [-0.2, -0.15) is 0 Å². The van der Waals surface area contributed by atoms with Crippen molar-refractivity contribution in [2.24, 2.45) is 41.1 Å². The SMILES string of the molecule is CC[C@H](C)[C@@H]([C@@H](CC(=O)N1CCC[C@H]1[C@H](OC)[C@@H](C)C(=O)N[C@@H](Cc1ccccc1)C(=O)O)OC)N(C)C(=O)[C@@H](NC(=O)[C@H](C(C)C)N(C)C(=O)OCc1ccc(NC(=O)[C@H](CCCNC(N)=O)NC(=O)[C@@H](N)C(C)C)cc1)C(C)C. The average Bonchev–Trinajstić information content (AvgIpc) is 4.01. The van der Waals surface area contributed by atoms with Gasteiger partial charge in [0.05, 0.1) is 42.7 Å². The highest BCUT2D eigenvalue weighted by molar-refractivity contribution is 5.98. The number of hydrogen-bond acceptors (Lipinski definition) is 13. The van der Waals surface area contributed by atoms with Crippen molar-refractivity contribution in [3.8, 4) is 0 Å². The summed E-state index contributed by atoms with van der Waals surface area (Å²) in [5, 5.41) is 23.5. The number of likely N-dealkylation sites (tertiary alicyclic amines) is 1. The molecule has 1 saturated heterocycles. The number of carboxylic acids is 1. The van der Waals surface area contributed by atoms with Gasteiger partial charge in [-0.15, -0.1) is 0 Å². The average molecular weight is 1140 g/mol. The van der Waals surface area contributed by atoms with E-state index in [4.69, 9.17) is 25.7 Å². The van der Waals surface area contributed by atoms with E-state index in [2.05, 4.69) is 26.6 Å². The van der Waals surface area contributed by atoms with Crippen LogP contribution in [-0.4, -0.2) is 169 Å². The maximum Gasteiger partial charge on any atom is 0.410 e. The first-order chi connectivity index (χ1) is 38.2. The van der Waals surface area contributed by atoms with Gasteiger partial charge in [-0.1, -0.05) is 111 Å². The number of methoxy groups -OCH3 is 2. The molecule has 23 heteroatoms. The van der Waals surface area contributed by atoms with Crippen LogP contribution >= 0.6 is 0 Å². The van der Waals surface area contributed by atoms with Crippen LogP contribution in [0, 0.1) is 29.6 Å². The highest BCUT2D eigenvalue weighted by atomic mass is 16.6. The van der Waals surface area contributed by atoms with E-state index in [0.29, 0.717) is 43.5 Å². The molecule has 0 aliphatic carbocycles. The number of hydrogen-bond donors (Lipinski definition) is 8. The van der Waals surface area contributed by atoms with E-state index in [0.717, 1.165) is 5.56 Å². The summed E-state index contributed by atoms with van der Waals surface area (Å²) >= 11 is 0. The number of carbonyl (C=O) groups excluding carboxylic acids is 8. The molecule has 1 aliphatic heterocycles. The number of nitrogens with zero attached hydrogens (tertiary/aromatic N) is 3. The van der Waals surface area contributed by atoms with Gasteiger partial charge < -0.3 is 67.2 Å². The number of primary amides is 1. The number of nitrogens with two attached hydrogens (primary N) is 2. The van der Waals surface area contributed by atoms with Crippen molar-refractivity contribution in [2.45, 2.75) is 168 Å². The molecule has 1 aliphatic rings. The van der Waals surface area contributed by atoms with Crippen LogP contribution < -0.4 is 38.1 Å². The Labute approximate surface area is 478 Å².